The number of nitrogens with zero attached hydrogens (tertiary/aromatic N) is 1. The van der Waals surface area contributed by atoms with Gasteiger partial charge in [-0.15, -0.1) is 0 Å². The molecule has 5 heteroatoms. The number of ether oxygens (including phenoxy) is 1. The Hall–Kier alpha value is -2.04. The van der Waals surface area contributed by atoms with Gasteiger partial charge in [-0.3, -0.25) is 4.79 Å². The van der Waals surface area contributed by atoms with Gasteiger partial charge in [-0.25, -0.2) is 0 Å². The highest BCUT2D eigenvalue weighted by Gasteiger charge is 2.41. The van der Waals surface area contributed by atoms with Gasteiger partial charge in [0.05, 0.1) is 5.41 Å². The molecule has 0 unspecified atom stereocenters. The molecule has 2 fully saturated rings. The molecule has 154 valence electrons. The minimum absolute atomic E-state index is 0.0163. The van der Waals surface area contributed by atoms with Crippen molar-refractivity contribution in [1.82, 2.24) is 0 Å². The standard InChI is InChI=1S/C24H29ClN2O2/c1-18-9-13-27(14-10-18)22-7-5-21(6-8-22)26-23(28)24(11-15-29-16-12-24)19-3-2-4-20(25)17-19/h2-8,17-18H,9-16H2,1H3,(H,26,28). The maximum absolute atomic E-state index is 13.4. The number of piperidine rings is 1. The molecule has 0 radical (unpaired) electrons. The van der Waals surface area contributed by atoms with Crippen molar-refractivity contribution in [1.29, 1.82) is 0 Å². The molecule has 2 heterocycles. The van der Waals surface area contributed by atoms with Crippen molar-refractivity contribution in [3.8, 4) is 0 Å². The average molecular weight is 413 g/mol. The summed E-state index contributed by atoms with van der Waals surface area (Å²) < 4.78 is 5.55. The Labute approximate surface area is 178 Å². The number of benzene rings is 2. The first-order valence-corrected chi connectivity index (χ1v) is 10.9. The second-order valence-electron chi connectivity index (χ2n) is 8.38. The molecular formula is C24H29ClN2O2. The van der Waals surface area contributed by atoms with Crippen LogP contribution in [-0.4, -0.2) is 32.2 Å². The summed E-state index contributed by atoms with van der Waals surface area (Å²) in [5, 5.41) is 3.81. The van der Waals surface area contributed by atoms with Crippen molar-refractivity contribution >= 4 is 28.9 Å². The number of halogens is 1. The Balaban J connectivity index is 1.50. The zero-order valence-corrected chi connectivity index (χ0v) is 17.8. The summed E-state index contributed by atoms with van der Waals surface area (Å²) in [6, 6.07) is 15.9. The van der Waals surface area contributed by atoms with Gasteiger partial charge in [0.2, 0.25) is 5.91 Å². The van der Waals surface area contributed by atoms with Gasteiger partial charge in [0.1, 0.15) is 0 Å². The lowest BCUT2D eigenvalue weighted by Crippen LogP contribution is -2.44. The van der Waals surface area contributed by atoms with E-state index in [4.69, 9.17) is 16.3 Å². The van der Waals surface area contributed by atoms with E-state index in [0.717, 1.165) is 30.3 Å². The van der Waals surface area contributed by atoms with Crippen LogP contribution in [-0.2, 0) is 14.9 Å². The van der Waals surface area contributed by atoms with E-state index in [1.54, 1.807) is 0 Å². The van der Waals surface area contributed by atoms with E-state index >= 15 is 0 Å². The summed E-state index contributed by atoms with van der Waals surface area (Å²) in [6.07, 6.45) is 3.79. The minimum atomic E-state index is -0.606. The van der Waals surface area contributed by atoms with Crippen LogP contribution in [0.5, 0.6) is 0 Å². The SMILES string of the molecule is CC1CCN(c2ccc(NC(=O)C3(c4cccc(Cl)c4)CCOCC3)cc2)CC1. The number of nitrogens with one attached hydrogen (secondary N) is 1. The predicted octanol–water partition coefficient (Wildman–Crippen LogP) is 5.26. The van der Waals surface area contributed by atoms with Crippen LogP contribution >= 0.6 is 11.6 Å². The molecule has 4 nitrogen and oxygen atoms in total. The fourth-order valence-electron chi connectivity index (χ4n) is 4.43. The summed E-state index contributed by atoms with van der Waals surface area (Å²) >= 11 is 6.22. The van der Waals surface area contributed by atoms with E-state index < -0.39 is 5.41 Å². The van der Waals surface area contributed by atoms with Crippen LogP contribution in [0.1, 0.15) is 38.2 Å². The second-order valence-corrected chi connectivity index (χ2v) is 8.81. The third-order valence-corrected chi connectivity index (χ3v) is 6.67. The van der Waals surface area contributed by atoms with Crippen LogP contribution in [0.25, 0.3) is 0 Å². The van der Waals surface area contributed by atoms with Crippen LogP contribution in [0.4, 0.5) is 11.4 Å². The Morgan fingerprint density at radius 2 is 1.79 bits per heavy atom. The number of rotatable bonds is 4. The lowest BCUT2D eigenvalue weighted by Gasteiger charge is -2.36. The van der Waals surface area contributed by atoms with Crippen molar-refractivity contribution in [2.45, 2.75) is 38.0 Å². The molecular weight excluding hydrogens is 384 g/mol. The number of amides is 1. The molecule has 29 heavy (non-hydrogen) atoms. The Bertz CT molecular complexity index is 838. The number of carbonyl (C=O) groups excluding carboxylic acids is 1. The summed E-state index contributed by atoms with van der Waals surface area (Å²) in [7, 11) is 0. The molecule has 0 spiro atoms. The Kier molecular flexibility index (Phi) is 6.12. The molecule has 0 aromatic heterocycles. The third kappa shape index (κ3) is 4.44. The van der Waals surface area contributed by atoms with E-state index in [9.17, 15) is 4.79 Å². The zero-order chi connectivity index (χ0) is 20.3. The number of hydrogen-bond acceptors (Lipinski definition) is 3. The minimum Gasteiger partial charge on any atom is -0.381 e. The molecule has 0 bridgehead atoms. The maximum Gasteiger partial charge on any atom is 0.235 e. The Morgan fingerprint density at radius 1 is 1.10 bits per heavy atom. The fourth-order valence-corrected chi connectivity index (χ4v) is 4.62. The van der Waals surface area contributed by atoms with Gasteiger partial charge in [0.15, 0.2) is 0 Å². The topological polar surface area (TPSA) is 41.6 Å². The quantitative estimate of drug-likeness (QED) is 0.744. The van der Waals surface area contributed by atoms with Gasteiger partial charge >= 0.3 is 0 Å². The lowest BCUT2D eigenvalue weighted by atomic mass is 9.73. The second kappa shape index (κ2) is 8.76. The van der Waals surface area contributed by atoms with Crippen LogP contribution in [0.2, 0.25) is 5.02 Å². The molecule has 1 N–H and O–H groups in total. The highest BCUT2D eigenvalue weighted by molar-refractivity contribution is 6.30. The number of hydrogen-bond donors (Lipinski definition) is 1. The van der Waals surface area contributed by atoms with Gasteiger partial charge < -0.3 is 15.0 Å². The number of anilines is 2. The largest absolute Gasteiger partial charge is 0.381 e. The van der Waals surface area contributed by atoms with Gasteiger partial charge in [0.25, 0.3) is 0 Å². The van der Waals surface area contributed by atoms with E-state index in [1.807, 2.05) is 36.4 Å². The van der Waals surface area contributed by atoms with Crippen LogP contribution < -0.4 is 10.2 Å². The summed E-state index contributed by atoms with van der Waals surface area (Å²) in [5.74, 6) is 0.828. The lowest BCUT2D eigenvalue weighted by molar-refractivity contribution is -0.125. The van der Waals surface area contributed by atoms with E-state index in [0.29, 0.717) is 31.1 Å². The molecule has 2 saturated heterocycles. The van der Waals surface area contributed by atoms with Crippen molar-refractivity contribution in [3.05, 3.63) is 59.1 Å². The zero-order valence-electron chi connectivity index (χ0n) is 17.0. The molecule has 0 aliphatic carbocycles. The smallest absolute Gasteiger partial charge is 0.235 e. The summed E-state index contributed by atoms with van der Waals surface area (Å²) in [6.45, 7) is 5.68. The first-order chi connectivity index (χ1) is 14.1. The first-order valence-electron chi connectivity index (χ1n) is 10.6. The highest BCUT2D eigenvalue weighted by atomic mass is 35.5. The van der Waals surface area contributed by atoms with Gasteiger partial charge in [0, 0.05) is 42.7 Å². The summed E-state index contributed by atoms with van der Waals surface area (Å²) in [4.78, 5) is 15.8. The molecule has 4 rings (SSSR count). The summed E-state index contributed by atoms with van der Waals surface area (Å²) in [5.41, 5.74) is 2.41. The maximum atomic E-state index is 13.4. The molecule has 2 aliphatic rings. The fraction of sp³-hybridized carbons (Fsp3) is 0.458. The Morgan fingerprint density at radius 3 is 2.45 bits per heavy atom. The van der Waals surface area contributed by atoms with Crippen molar-refractivity contribution in [3.63, 3.8) is 0 Å². The molecule has 0 atom stereocenters. The van der Waals surface area contributed by atoms with Crippen LogP contribution in [0, 0.1) is 5.92 Å². The van der Waals surface area contributed by atoms with Gasteiger partial charge in [-0.2, -0.15) is 0 Å². The third-order valence-electron chi connectivity index (χ3n) is 6.43. The van der Waals surface area contributed by atoms with E-state index in [-0.39, 0.29) is 5.91 Å². The number of carbonyl (C=O) groups is 1. The van der Waals surface area contributed by atoms with Crippen molar-refractivity contribution < 1.29 is 9.53 Å². The first kappa shape index (κ1) is 20.2. The molecule has 2 aromatic rings. The van der Waals surface area contributed by atoms with Crippen molar-refractivity contribution in [2.75, 3.05) is 36.5 Å². The molecule has 2 aliphatic heterocycles. The van der Waals surface area contributed by atoms with E-state index in [2.05, 4.69) is 29.3 Å². The van der Waals surface area contributed by atoms with Crippen LogP contribution in [0.15, 0.2) is 48.5 Å². The normalized spacial score (nSPS) is 19.7. The predicted molar refractivity (Wildman–Crippen MR) is 119 cm³/mol. The van der Waals surface area contributed by atoms with Crippen LogP contribution in [0.3, 0.4) is 0 Å². The molecule has 0 saturated carbocycles. The molecule has 1 amide bonds. The van der Waals surface area contributed by atoms with Gasteiger partial charge in [-0.1, -0.05) is 30.7 Å². The van der Waals surface area contributed by atoms with Crippen molar-refractivity contribution in [2.24, 2.45) is 5.92 Å². The highest BCUT2D eigenvalue weighted by Crippen LogP contribution is 2.37. The van der Waals surface area contributed by atoms with Gasteiger partial charge in [-0.05, 0) is 73.6 Å². The monoisotopic (exact) mass is 412 g/mol. The molecule has 2 aromatic carbocycles. The average Bonchev–Trinajstić information content (AvgIpc) is 2.75. The van der Waals surface area contributed by atoms with E-state index in [1.165, 1.54) is 18.5 Å².